The number of aliphatic imine (C=N–C) groups is 1. The number of nitriles is 2. The molecule has 1 aromatic rings. The van der Waals surface area contributed by atoms with Crippen molar-refractivity contribution in [2.75, 3.05) is 45.1 Å². The molecule has 0 aliphatic carbocycles. The Kier molecular flexibility index (Phi) is 23.2. The minimum Gasteiger partial charge on any atom is -0.382 e. The number of nitrogens with one attached hydrogen (secondary N) is 1. The van der Waals surface area contributed by atoms with Gasteiger partial charge in [0.05, 0.1) is 38.2 Å². The summed E-state index contributed by atoms with van der Waals surface area (Å²) in [4.78, 5) is 14.9. The number of fused-ring (bicyclic) bond motifs is 1. The number of aromatic nitrogens is 1. The van der Waals surface area contributed by atoms with Gasteiger partial charge < -0.3 is 39.3 Å². The fraction of sp³-hybridized carbons (Fsp3) is 0.690. The first kappa shape index (κ1) is 46.3. The normalized spacial score (nSPS) is 19.6. The summed E-state index contributed by atoms with van der Waals surface area (Å²) in [5.41, 5.74) is 10.8. The zero-order valence-corrected chi connectivity index (χ0v) is 34.4. The minimum absolute atomic E-state index is 0.00822. The number of amidine groups is 1. The summed E-state index contributed by atoms with van der Waals surface area (Å²) in [6, 6.07) is 8.17. The third-order valence-corrected chi connectivity index (χ3v) is 10.8. The summed E-state index contributed by atoms with van der Waals surface area (Å²) in [6.07, 6.45) is 26.3. The van der Waals surface area contributed by atoms with Crippen molar-refractivity contribution >= 4 is 14.4 Å². The van der Waals surface area contributed by atoms with Crippen LogP contribution in [0, 0.1) is 22.7 Å². The number of rotatable bonds is 31. The molecule has 55 heavy (non-hydrogen) atoms. The second-order valence-electron chi connectivity index (χ2n) is 14.5. The van der Waals surface area contributed by atoms with Gasteiger partial charge in [-0.15, -0.1) is 0 Å². The monoisotopic (exact) mass is 782 g/mol. The lowest BCUT2D eigenvalue weighted by Crippen LogP contribution is -2.34. The van der Waals surface area contributed by atoms with Crippen LogP contribution >= 0.6 is 8.60 Å². The lowest BCUT2D eigenvalue weighted by atomic mass is 10.0. The molecule has 12 nitrogen and oxygen atoms in total. The van der Waals surface area contributed by atoms with Crippen molar-refractivity contribution in [1.82, 2.24) is 4.68 Å². The van der Waals surface area contributed by atoms with Crippen molar-refractivity contribution in [2.24, 2.45) is 10.7 Å². The lowest BCUT2D eigenvalue weighted by molar-refractivity contribution is -0.0454. The maximum absolute atomic E-state index is 10.7. The van der Waals surface area contributed by atoms with Crippen molar-refractivity contribution < 1.29 is 28.2 Å². The van der Waals surface area contributed by atoms with E-state index in [0.29, 0.717) is 37.5 Å². The van der Waals surface area contributed by atoms with Gasteiger partial charge in [-0.05, 0) is 50.0 Å². The highest BCUT2D eigenvalue weighted by molar-refractivity contribution is 7.40. The van der Waals surface area contributed by atoms with E-state index in [1.54, 1.807) is 25.2 Å². The molecular formula is C42H67N6O6P. The number of nitrogens with zero attached hydrogens (tertiary/aromatic N) is 4. The molecule has 1 fully saturated rings. The highest BCUT2D eigenvalue weighted by Crippen LogP contribution is 2.43. The van der Waals surface area contributed by atoms with Crippen molar-refractivity contribution in [3.63, 3.8) is 0 Å². The van der Waals surface area contributed by atoms with Crippen LogP contribution in [-0.4, -0.2) is 66.8 Å². The molecule has 0 bridgehead atoms. The molecule has 13 heteroatoms. The summed E-state index contributed by atoms with van der Waals surface area (Å²) < 4.78 is 31.5. The molecule has 3 rings (SSSR count). The Morgan fingerprint density at radius 3 is 2.31 bits per heavy atom. The van der Waals surface area contributed by atoms with Gasteiger partial charge in [-0.1, -0.05) is 122 Å². The molecule has 2 aliphatic heterocycles. The molecule has 306 valence electrons. The third-order valence-electron chi connectivity index (χ3n) is 10.1. The fourth-order valence-corrected chi connectivity index (χ4v) is 7.43. The Balaban J connectivity index is 1.36. The van der Waals surface area contributed by atoms with Gasteiger partial charge in [-0.25, -0.2) is 4.99 Å². The Morgan fingerprint density at radius 1 is 1.05 bits per heavy atom. The van der Waals surface area contributed by atoms with Crippen LogP contribution in [0.3, 0.4) is 0 Å². The van der Waals surface area contributed by atoms with E-state index in [2.05, 4.69) is 36.1 Å². The highest BCUT2D eigenvalue weighted by atomic mass is 31.2. The molecule has 1 aromatic heterocycles. The van der Waals surface area contributed by atoms with E-state index in [1.165, 1.54) is 89.9 Å². The van der Waals surface area contributed by atoms with Gasteiger partial charge in [0, 0.05) is 12.2 Å². The molecule has 0 aromatic carbocycles. The van der Waals surface area contributed by atoms with Crippen molar-refractivity contribution in [3.05, 3.63) is 59.5 Å². The van der Waals surface area contributed by atoms with Crippen LogP contribution in [0.5, 0.6) is 0 Å². The molecule has 0 radical (unpaired) electrons. The van der Waals surface area contributed by atoms with E-state index in [0.717, 1.165) is 29.8 Å². The van der Waals surface area contributed by atoms with Crippen LogP contribution in [0.25, 0.3) is 0 Å². The van der Waals surface area contributed by atoms with Gasteiger partial charge in [0.25, 0.3) is 0 Å². The predicted octanol–water partition coefficient (Wildman–Crippen LogP) is 9.32. The standard InChI is InChI=1S/C42H67N6O6P/c1-4-7-8-9-10-11-12-13-14-15-16-17-18-19-20-21-26-50-30-37(51-29-36(6-3)27-35(5-2)28-43)31-52-55(49)53-33-42(32-44)25-24-40(54-42)38-22-23-39-41(45)46-34-47-48(38)39/h5-6,22-23,27,37,40,47,49H,3-4,7-21,24-26,29-31,33-34H2,1-2H3,(H2,45,46)/b35-5+,36-27+. The first-order valence-corrected chi connectivity index (χ1v) is 21.7. The van der Waals surface area contributed by atoms with Crippen LogP contribution in [0.4, 0.5) is 0 Å². The Bertz CT molecular complexity index is 1430. The van der Waals surface area contributed by atoms with Crippen LogP contribution < -0.4 is 11.2 Å². The van der Waals surface area contributed by atoms with Gasteiger partial charge in [0.1, 0.15) is 36.5 Å². The van der Waals surface area contributed by atoms with E-state index in [4.69, 9.17) is 29.0 Å². The summed E-state index contributed by atoms with van der Waals surface area (Å²) in [6.45, 7) is 9.18. The highest BCUT2D eigenvalue weighted by Gasteiger charge is 2.43. The average molecular weight is 783 g/mol. The summed E-state index contributed by atoms with van der Waals surface area (Å²) >= 11 is 0. The van der Waals surface area contributed by atoms with Crippen LogP contribution in [0.2, 0.25) is 0 Å². The molecule has 0 amide bonds. The van der Waals surface area contributed by atoms with E-state index >= 15 is 0 Å². The van der Waals surface area contributed by atoms with Gasteiger partial charge in [0.2, 0.25) is 0 Å². The van der Waals surface area contributed by atoms with E-state index < -0.39 is 20.3 Å². The first-order valence-electron chi connectivity index (χ1n) is 20.6. The SMILES string of the molecule is C=C/C(=C\C(C#N)=C/C)COC(COCCCCCCCCCCCCCCCCCC)COP(O)OCC1(C#N)CCC(c2ccc3n2NCN=C3N)O1. The zero-order valence-electron chi connectivity index (χ0n) is 33.5. The summed E-state index contributed by atoms with van der Waals surface area (Å²) in [5.74, 6) is 0.440. The molecule has 0 spiro atoms. The second-order valence-corrected chi connectivity index (χ2v) is 15.5. The molecule has 2 aliphatic rings. The minimum atomic E-state index is -2.33. The fourth-order valence-electron chi connectivity index (χ4n) is 6.74. The average Bonchev–Trinajstić information content (AvgIpc) is 3.84. The number of ether oxygens (including phenoxy) is 3. The molecule has 0 saturated carbocycles. The number of hydrogen-bond donors (Lipinski definition) is 3. The molecule has 4 atom stereocenters. The van der Waals surface area contributed by atoms with Crippen LogP contribution in [0.15, 0.2) is 53.1 Å². The van der Waals surface area contributed by atoms with E-state index in [-0.39, 0.29) is 32.5 Å². The van der Waals surface area contributed by atoms with Crippen molar-refractivity contribution in [2.45, 2.75) is 147 Å². The maximum Gasteiger partial charge on any atom is 0.330 e. The van der Waals surface area contributed by atoms with Crippen LogP contribution in [-0.2, 0) is 23.3 Å². The van der Waals surface area contributed by atoms with Gasteiger partial charge >= 0.3 is 8.60 Å². The number of unbranched alkanes of at least 4 members (excludes halogenated alkanes) is 15. The summed E-state index contributed by atoms with van der Waals surface area (Å²) in [7, 11) is -2.33. The van der Waals surface area contributed by atoms with E-state index in [9.17, 15) is 15.4 Å². The smallest absolute Gasteiger partial charge is 0.330 e. The number of allylic oxidation sites excluding steroid dienone is 3. The Morgan fingerprint density at radius 2 is 1.71 bits per heavy atom. The van der Waals surface area contributed by atoms with Gasteiger partial charge in [-0.3, -0.25) is 4.68 Å². The van der Waals surface area contributed by atoms with Crippen molar-refractivity contribution in [3.8, 4) is 12.1 Å². The largest absolute Gasteiger partial charge is 0.382 e. The van der Waals surface area contributed by atoms with Crippen LogP contribution in [0.1, 0.15) is 147 Å². The predicted molar refractivity (Wildman–Crippen MR) is 220 cm³/mol. The van der Waals surface area contributed by atoms with Crippen molar-refractivity contribution in [1.29, 1.82) is 10.5 Å². The Hall–Kier alpha value is -3.06. The third kappa shape index (κ3) is 17.3. The zero-order chi connectivity index (χ0) is 39.6. The lowest BCUT2D eigenvalue weighted by Gasteiger charge is -2.25. The second kappa shape index (κ2) is 27.5. The number of hydrogen-bond acceptors (Lipinski definition) is 11. The first-order chi connectivity index (χ1) is 26.9. The van der Waals surface area contributed by atoms with Gasteiger partial charge in [-0.2, -0.15) is 10.5 Å². The maximum atomic E-state index is 10.7. The quantitative estimate of drug-likeness (QED) is 0.0286. The van der Waals surface area contributed by atoms with Gasteiger partial charge in [0.15, 0.2) is 5.60 Å². The number of nitrogens with two attached hydrogens (primary N) is 1. The summed E-state index contributed by atoms with van der Waals surface area (Å²) in [5, 5.41) is 19.4. The molecular weight excluding hydrogens is 715 g/mol. The molecule has 1 saturated heterocycles. The Labute approximate surface area is 331 Å². The molecule has 4 N–H and O–H groups in total. The molecule has 4 unspecified atom stereocenters. The topological polar surface area (TPSA) is 169 Å². The van der Waals surface area contributed by atoms with E-state index in [1.807, 2.05) is 16.8 Å². The molecule has 3 heterocycles.